The number of fused-ring (bicyclic) bond motifs is 1. The highest BCUT2D eigenvalue weighted by atomic mass is 35.5. The third kappa shape index (κ3) is 5.66. The first kappa shape index (κ1) is 25.7. The van der Waals surface area contributed by atoms with Crippen LogP contribution in [0, 0.1) is 11.8 Å². The van der Waals surface area contributed by atoms with E-state index in [1.807, 2.05) is 6.07 Å². The quantitative estimate of drug-likeness (QED) is 0.418. The number of nitrogens with two attached hydrogens (primary N) is 1. The molecule has 10 nitrogen and oxygen atoms in total. The van der Waals surface area contributed by atoms with Crippen LogP contribution in [0.2, 0.25) is 10.0 Å². The van der Waals surface area contributed by atoms with Crippen molar-refractivity contribution in [1.82, 2.24) is 24.6 Å². The van der Waals surface area contributed by atoms with E-state index in [4.69, 9.17) is 39.0 Å². The Kier molecular flexibility index (Phi) is 7.50. The monoisotopic (exact) mass is 545 g/mol. The molecule has 2 saturated heterocycles. The molecule has 0 bridgehead atoms. The highest BCUT2D eigenvalue weighted by Gasteiger charge is 2.36. The lowest BCUT2D eigenvalue weighted by Crippen LogP contribution is -2.54. The molecule has 1 amide bonds. The van der Waals surface area contributed by atoms with Gasteiger partial charge in [-0.15, -0.1) is 0 Å². The zero-order chi connectivity index (χ0) is 26.1. The Morgan fingerprint density at radius 2 is 1.97 bits per heavy atom. The molecule has 37 heavy (non-hydrogen) atoms. The molecule has 2 aliphatic heterocycles. The van der Waals surface area contributed by atoms with E-state index >= 15 is 0 Å². The molecule has 2 fully saturated rings. The number of piperidine rings is 1. The molecule has 1 atom stereocenters. The van der Waals surface area contributed by atoms with Gasteiger partial charge in [0, 0.05) is 36.1 Å². The van der Waals surface area contributed by atoms with Gasteiger partial charge in [0.05, 0.1) is 12.7 Å². The Hall–Kier alpha value is -2.95. The van der Waals surface area contributed by atoms with E-state index in [-0.39, 0.29) is 12.1 Å². The van der Waals surface area contributed by atoms with E-state index < -0.39 is 11.9 Å². The van der Waals surface area contributed by atoms with Crippen LogP contribution in [0.25, 0.3) is 11.2 Å². The summed E-state index contributed by atoms with van der Waals surface area (Å²) in [6, 6.07) is 5.23. The number of benzene rings is 1. The van der Waals surface area contributed by atoms with Crippen LogP contribution in [-0.4, -0.2) is 74.4 Å². The normalized spacial score (nSPS) is 18.8. The van der Waals surface area contributed by atoms with Crippen LogP contribution < -0.4 is 10.6 Å². The third-order valence-electron chi connectivity index (χ3n) is 7.31. The Balaban J connectivity index is 1.29. The predicted molar refractivity (Wildman–Crippen MR) is 141 cm³/mol. The third-order valence-corrected chi connectivity index (χ3v) is 7.89. The van der Waals surface area contributed by atoms with Gasteiger partial charge in [0.25, 0.3) is 5.91 Å². The second kappa shape index (κ2) is 10.8. The van der Waals surface area contributed by atoms with Crippen molar-refractivity contribution in [2.75, 3.05) is 37.6 Å². The predicted octanol–water partition coefficient (Wildman–Crippen LogP) is 3.29. The molecule has 2 aliphatic rings. The number of aliphatic carboxylic acids is 1. The molecule has 0 spiro atoms. The number of nitrogens with zero attached hydrogens (tertiary/aromatic N) is 6. The summed E-state index contributed by atoms with van der Waals surface area (Å²) >= 11 is 12.4. The van der Waals surface area contributed by atoms with Crippen molar-refractivity contribution in [2.24, 2.45) is 17.6 Å². The number of amides is 1. The molecular weight excluding hydrogens is 517 g/mol. The van der Waals surface area contributed by atoms with E-state index in [0.29, 0.717) is 46.0 Å². The second-order valence-corrected chi connectivity index (χ2v) is 10.7. The van der Waals surface area contributed by atoms with E-state index in [9.17, 15) is 9.59 Å². The van der Waals surface area contributed by atoms with Gasteiger partial charge in [-0.05, 0) is 61.9 Å². The average molecular weight is 546 g/mol. The lowest BCUT2D eigenvalue weighted by molar-refractivity contribution is -0.137. The molecule has 196 valence electrons. The van der Waals surface area contributed by atoms with E-state index in [0.717, 1.165) is 50.5 Å². The molecule has 5 rings (SSSR count). The van der Waals surface area contributed by atoms with Gasteiger partial charge in [-0.2, -0.15) is 5.10 Å². The Morgan fingerprint density at radius 1 is 1.16 bits per heavy atom. The van der Waals surface area contributed by atoms with E-state index in [2.05, 4.69) is 19.9 Å². The molecular formula is C25H29Cl2N7O3. The number of rotatable bonds is 9. The molecule has 12 heteroatoms. The summed E-state index contributed by atoms with van der Waals surface area (Å²) in [6.45, 7) is 4.95. The fourth-order valence-corrected chi connectivity index (χ4v) is 5.77. The zero-order valence-electron chi connectivity index (χ0n) is 20.3. The number of hydrogen-bond donors (Lipinski definition) is 2. The number of primary amides is 1. The number of hydrogen-bond acceptors (Lipinski definition) is 7. The number of anilines is 1. The minimum Gasteiger partial charge on any atom is -0.481 e. The molecule has 0 radical (unpaired) electrons. The first-order chi connectivity index (χ1) is 17.8. The van der Waals surface area contributed by atoms with Crippen LogP contribution in [0.4, 0.5) is 5.82 Å². The first-order valence-electron chi connectivity index (χ1n) is 12.4. The maximum Gasteiger partial charge on any atom is 0.303 e. The summed E-state index contributed by atoms with van der Waals surface area (Å²) in [5.74, 6) is 0.477. The maximum absolute atomic E-state index is 12.0. The number of carbonyl (C=O) groups is 2. The van der Waals surface area contributed by atoms with Gasteiger partial charge >= 0.3 is 5.97 Å². The van der Waals surface area contributed by atoms with Gasteiger partial charge in [0.2, 0.25) is 0 Å². The highest BCUT2D eigenvalue weighted by molar-refractivity contribution is 6.35. The van der Waals surface area contributed by atoms with Crippen LogP contribution >= 0.6 is 23.2 Å². The zero-order valence-corrected chi connectivity index (χ0v) is 21.8. The summed E-state index contributed by atoms with van der Waals surface area (Å²) in [5, 5.41) is 14.3. The fourth-order valence-electron chi connectivity index (χ4n) is 5.30. The van der Waals surface area contributed by atoms with Crippen LogP contribution in [0.3, 0.4) is 0 Å². The molecule has 3 N–H and O–H groups in total. The van der Waals surface area contributed by atoms with Gasteiger partial charge in [-0.3, -0.25) is 9.59 Å². The van der Waals surface area contributed by atoms with Crippen molar-refractivity contribution in [1.29, 1.82) is 0 Å². The van der Waals surface area contributed by atoms with E-state index in [1.54, 1.807) is 23.0 Å². The van der Waals surface area contributed by atoms with Crippen LogP contribution in [0.1, 0.15) is 41.7 Å². The van der Waals surface area contributed by atoms with Crippen LogP contribution in [0.15, 0.2) is 24.4 Å². The fraction of sp³-hybridized carbons (Fsp3) is 0.480. The summed E-state index contributed by atoms with van der Waals surface area (Å²) in [7, 11) is 0. The summed E-state index contributed by atoms with van der Waals surface area (Å²) in [6.07, 6.45) is 4.91. The first-order valence-corrected chi connectivity index (χ1v) is 13.2. The van der Waals surface area contributed by atoms with Gasteiger partial charge in [0.15, 0.2) is 11.3 Å². The highest BCUT2D eigenvalue weighted by Crippen LogP contribution is 2.34. The standard InChI is InChI=1S/C25H29Cl2N7O3/c26-18-6-5-16(19(27)9-18)14-34-25-23(22(31-34)24(28)37)29-10-20(30-25)33-12-17(13-33)15-3-1-7-32(11-15)8-2-4-21(35)36/h5-6,9-10,15,17H,1-4,7-8,11-14H2,(H2,28,37)(H,35,36)/t15-/m1/s1. The smallest absolute Gasteiger partial charge is 0.303 e. The van der Waals surface area contributed by atoms with Crippen LogP contribution in [0.5, 0.6) is 0 Å². The molecule has 0 aliphatic carbocycles. The Bertz CT molecular complexity index is 1330. The topological polar surface area (TPSA) is 130 Å². The molecule has 0 unspecified atom stereocenters. The minimum absolute atomic E-state index is 0.0748. The number of aromatic nitrogens is 4. The average Bonchev–Trinajstić information content (AvgIpc) is 3.18. The second-order valence-electron chi connectivity index (χ2n) is 9.87. The van der Waals surface area contributed by atoms with Gasteiger partial charge in [0.1, 0.15) is 11.3 Å². The number of carbonyl (C=O) groups excluding carboxylic acids is 1. The number of carboxylic acid groups (broad SMARTS) is 1. The Morgan fingerprint density at radius 3 is 2.70 bits per heavy atom. The SMILES string of the molecule is NC(=O)c1nn(Cc2ccc(Cl)cc2Cl)c2nc(N3CC([C@@H]4CCCN(CCCC(=O)O)C4)C3)cnc12. The lowest BCUT2D eigenvalue weighted by Gasteiger charge is -2.47. The lowest BCUT2D eigenvalue weighted by atomic mass is 9.80. The van der Waals surface area contributed by atoms with Crippen molar-refractivity contribution < 1.29 is 14.7 Å². The number of carboxylic acids is 1. The Labute approximate surface area is 224 Å². The van der Waals surface area contributed by atoms with Crippen molar-refractivity contribution in [2.45, 2.75) is 32.2 Å². The maximum atomic E-state index is 12.0. The van der Waals surface area contributed by atoms with Crippen molar-refractivity contribution in [3.8, 4) is 0 Å². The number of likely N-dealkylation sites (tertiary alicyclic amines) is 1. The van der Waals surface area contributed by atoms with E-state index in [1.165, 1.54) is 6.42 Å². The molecule has 1 aromatic carbocycles. The summed E-state index contributed by atoms with van der Waals surface area (Å²) in [4.78, 5) is 36.7. The van der Waals surface area contributed by atoms with Crippen LogP contribution in [-0.2, 0) is 11.3 Å². The van der Waals surface area contributed by atoms with Gasteiger partial charge < -0.3 is 20.6 Å². The molecule has 0 saturated carbocycles. The van der Waals surface area contributed by atoms with Crippen molar-refractivity contribution in [3.05, 3.63) is 45.7 Å². The minimum atomic E-state index is -0.734. The van der Waals surface area contributed by atoms with Gasteiger partial charge in [-0.1, -0.05) is 29.3 Å². The largest absolute Gasteiger partial charge is 0.481 e. The molecule has 3 aromatic rings. The summed E-state index contributed by atoms with van der Waals surface area (Å²) in [5.41, 5.74) is 7.26. The van der Waals surface area contributed by atoms with Gasteiger partial charge in [-0.25, -0.2) is 14.6 Å². The van der Waals surface area contributed by atoms with Crippen molar-refractivity contribution in [3.63, 3.8) is 0 Å². The molecule has 2 aromatic heterocycles. The molecule has 4 heterocycles. The number of halogens is 2. The van der Waals surface area contributed by atoms with Crippen molar-refractivity contribution >= 4 is 52.1 Å². The summed E-state index contributed by atoms with van der Waals surface area (Å²) < 4.78 is 1.61.